The van der Waals surface area contributed by atoms with E-state index in [1.54, 1.807) is 0 Å². The maximum Gasteiger partial charge on any atom is 0.455 e. The maximum absolute atomic E-state index is 14.7. The number of hydrogen-bond donors (Lipinski definition) is 0. The summed E-state index contributed by atoms with van der Waals surface area (Å²) >= 11 is 0. The highest BCUT2D eigenvalue weighted by molar-refractivity contribution is 5.90. The predicted molar refractivity (Wildman–Crippen MR) is 93.6 cm³/mol. The lowest BCUT2D eigenvalue weighted by molar-refractivity contribution is -0.595. The SMILES string of the molecule is N#CC1(c2cc(F)c(-c3cc4c(cn3)N(CC(F)(F)C(F)(F)F)C(=O)OC4)[n+]([O-])c2)CC1. The zero-order valence-corrected chi connectivity index (χ0v) is 15.9. The second kappa shape index (κ2) is 6.98. The molecule has 32 heavy (non-hydrogen) atoms. The van der Waals surface area contributed by atoms with E-state index < -0.39 is 48.3 Å². The number of alkyl halides is 5. The van der Waals surface area contributed by atoms with Crippen LogP contribution in [-0.4, -0.2) is 29.7 Å². The van der Waals surface area contributed by atoms with E-state index in [0.29, 0.717) is 12.8 Å². The number of aromatic nitrogens is 2. The first-order chi connectivity index (χ1) is 14.9. The first kappa shape index (κ1) is 21.7. The highest BCUT2D eigenvalue weighted by Gasteiger charge is 2.59. The Labute approximate surface area is 176 Å². The van der Waals surface area contributed by atoms with Crippen LogP contribution in [0.15, 0.2) is 24.5 Å². The molecule has 1 aliphatic carbocycles. The van der Waals surface area contributed by atoms with Gasteiger partial charge in [0.15, 0.2) is 12.0 Å². The van der Waals surface area contributed by atoms with Crippen LogP contribution >= 0.6 is 0 Å². The van der Waals surface area contributed by atoms with Crippen LogP contribution in [0.25, 0.3) is 11.4 Å². The van der Waals surface area contributed by atoms with Crippen molar-refractivity contribution in [3.8, 4) is 17.5 Å². The van der Waals surface area contributed by atoms with Crippen molar-refractivity contribution in [3.63, 3.8) is 0 Å². The largest absolute Gasteiger partial charge is 0.618 e. The van der Waals surface area contributed by atoms with Crippen molar-refractivity contribution < 1.29 is 40.6 Å². The minimum absolute atomic E-state index is 0.0493. The van der Waals surface area contributed by atoms with E-state index in [9.17, 15) is 41.6 Å². The summed E-state index contributed by atoms with van der Waals surface area (Å²) in [6, 6.07) is 4.12. The number of pyridine rings is 2. The van der Waals surface area contributed by atoms with Crippen LogP contribution in [0.4, 0.5) is 36.8 Å². The summed E-state index contributed by atoms with van der Waals surface area (Å²) in [6.07, 6.45) is -4.56. The van der Waals surface area contributed by atoms with Gasteiger partial charge in [-0.1, -0.05) is 0 Å². The highest BCUT2D eigenvalue weighted by Crippen LogP contribution is 2.47. The lowest BCUT2D eigenvalue weighted by atomic mass is 9.99. The van der Waals surface area contributed by atoms with Gasteiger partial charge in [-0.05, 0) is 25.0 Å². The first-order valence-electron chi connectivity index (χ1n) is 9.11. The quantitative estimate of drug-likeness (QED) is 0.396. The van der Waals surface area contributed by atoms with Crippen molar-refractivity contribution in [2.24, 2.45) is 0 Å². The number of nitrogens with zero attached hydrogens (tertiary/aromatic N) is 4. The van der Waals surface area contributed by atoms with Gasteiger partial charge in [0, 0.05) is 11.1 Å². The third-order valence-electron chi connectivity index (χ3n) is 5.34. The fourth-order valence-corrected chi connectivity index (χ4v) is 3.36. The number of carbonyl (C=O) groups is 1. The summed E-state index contributed by atoms with van der Waals surface area (Å²) in [5, 5.41) is 21.7. The number of anilines is 1. The number of rotatable bonds is 4. The number of ether oxygens (including phenoxy) is 1. The molecule has 0 bridgehead atoms. The molecule has 4 rings (SSSR count). The fourth-order valence-electron chi connectivity index (χ4n) is 3.36. The highest BCUT2D eigenvalue weighted by atomic mass is 19.4. The molecular weight excluding hydrogens is 446 g/mol. The van der Waals surface area contributed by atoms with Gasteiger partial charge in [-0.15, -0.1) is 0 Å². The number of cyclic esters (lactones) is 1. The van der Waals surface area contributed by atoms with Crippen molar-refractivity contribution >= 4 is 11.8 Å². The van der Waals surface area contributed by atoms with Crippen LogP contribution in [0.5, 0.6) is 0 Å². The molecule has 2 aromatic heterocycles. The van der Waals surface area contributed by atoms with Crippen molar-refractivity contribution in [2.45, 2.75) is 37.0 Å². The smallest absolute Gasteiger partial charge is 0.455 e. The minimum Gasteiger partial charge on any atom is -0.618 e. The zero-order chi connectivity index (χ0) is 23.5. The van der Waals surface area contributed by atoms with Gasteiger partial charge in [0.1, 0.15) is 18.8 Å². The Balaban J connectivity index is 1.71. The van der Waals surface area contributed by atoms with E-state index in [2.05, 4.69) is 9.72 Å². The van der Waals surface area contributed by atoms with Crippen LogP contribution in [0.3, 0.4) is 0 Å². The molecule has 0 saturated heterocycles. The van der Waals surface area contributed by atoms with Crippen LogP contribution in [-0.2, 0) is 16.8 Å². The Kier molecular flexibility index (Phi) is 4.72. The maximum atomic E-state index is 14.7. The lowest BCUT2D eigenvalue weighted by Gasteiger charge is -2.32. The molecule has 1 saturated carbocycles. The van der Waals surface area contributed by atoms with Gasteiger partial charge in [0.25, 0.3) is 5.69 Å². The van der Waals surface area contributed by atoms with E-state index in [4.69, 9.17) is 0 Å². The number of fused-ring (bicyclic) bond motifs is 1. The van der Waals surface area contributed by atoms with E-state index in [1.165, 1.54) is 0 Å². The van der Waals surface area contributed by atoms with Crippen LogP contribution in [0.2, 0.25) is 0 Å². The zero-order valence-electron chi connectivity index (χ0n) is 15.9. The Morgan fingerprint density at radius 3 is 2.53 bits per heavy atom. The molecule has 0 radical (unpaired) electrons. The lowest BCUT2D eigenvalue weighted by Crippen LogP contribution is -2.50. The van der Waals surface area contributed by atoms with E-state index in [-0.39, 0.29) is 32.1 Å². The van der Waals surface area contributed by atoms with Crippen molar-refractivity contribution in [1.82, 2.24) is 4.98 Å². The molecule has 0 unspecified atom stereocenters. The number of nitriles is 1. The predicted octanol–water partition coefficient (Wildman–Crippen LogP) is 3.73. The Hall–Kier alpha value is -3.56. The van der Waals surface area contributed by atoms with Crippen molar-refractivity contribution in [3.05, 3.63) is 46.7 Å². The fraction of sp³-hybridized carbons (Fsp3) is 0.368. The topological polar surface area (TPSA) is 93.2 Å². The Bertz CT molecular complexity index is 1130. The molecule has 3 heterocycles. The molecule has 0 N–H and O–H groups in total. The molecule has 1 fully saturated rings. The van der Waals surface area contributed by atoms with Gasteiger partial charge < -0.3 is 9.94 Å². The second-order valence-electron chi connectivity index (χ2n) is 7.49. The number of halogens is 6. The minimum atomic E-state index is -5.90. The standard InChI is InChI=1S/C19H12F6N4O3/c20-12-4-11(17(8-26)1-2-17)6-29(31)15(12)13-3-10-7-32-16(30)28(14(10)5-27-13)9-18(21,22)19(23,24)25/h3-6H,1-2,7,9H2. The molecule has 7 nitrogen and oxygen atoms in total. The molecule has 2 aliphatic rings. The summed E-state index contributed by atoms with van der Waals surface area (Å²) < 4.78 is 84.2. The molecule has 1 aliphatic heterocycles. The molecule has 0 atom stereocenters. The molecule has 13 heteroatoms. The molecule has 1 amide bonds. The van der Waals surface area contributed by atoms with Gasteiger partial charge >= 0.3 is 18.2 Å². The molecule has 0 aromatic carbocycles. The summed E-state index contributed by atoms with van der Waals surface area (Å²) in [6.45, 7) is -2.54. The van der Waals surface area contributed by atoms with Gasteiger partial charge in [0.05, 0.1) is 23.4 Å². The molecule has 0 spiro atoms. The molecular formula is C19H12F6N4O3. The van der Waals surface area contributed by atoms with Crippen LogP contribution in [0.1, 0.15) is 24.0 Å². The normalized spacial score (nSPS) is 17.4. The van der Waals surface area contributed by atoms with Crippen molar-refractivity contribution in [1.29, 1.82) is 5.26 Å². The average Bonchev–Trinajstić information content (AvgIpc) is 3.50. The van der Waals surface area contributed by atoms with E-state index in [0.717, 1.165) is 24.5 Å². The van der Waals surface area contributed by atoms with Gasteiger partial charge in [-0.3, -0.25) is 4.90 Å². The van der Waals surface area contributed by atoms with Crippen LogP contribution in [0, 0.1) is 22.4 Å². The molecule has 168 valence electrons. The number of amides is 1. The summed E-state index contributed by atoms with van der Waals surface area (Å²) in [5.74, 6) is -6.22. The number of carbonyl (C=O) groups excluding carboxylic acids is 1. The second-order valence-corrected chi connectivity index (χ2v) is 7.49. The van der Waals surface area contributed by atoms with Gasteiger partial charge in [-0.25, -0.2) is 9.78 Å². The Morgan fingerprint density at radius 2 is 1.97 bits per heavy atom. The van der Waals surface area contributed by atoms with Crippen LogP contribution < -0.4 is 9.63 Å². The third-order valence-corrected chi connectivity index (χ3v) is 5.34. The number of hydrogen-bond acceptors (Lipinski definition) is 5. The van der Waals surface area contributed by atoms with E-state index in [1.807, 2.05) is 6.07 Å². The average molecular weight is 458 g/mol. The molecule has 2 aromatic rings. The third kappa shape index (κ3) is 3.45. The summed E-state index contributed by atoms with van der Waals surface area (Å²) in [5.41, 5.74) is -1.97. The Morgan fingerprint density at radius 1 is 1.28 bits per heavy atom. The first-order valence-corrected chi connectivity index (χ1v) is 9.11. The summed E-state index contributed by atoms with van der Waals surface area (Å²) in [7, 11) is 0. The monoisotopic (exact) mass is 458 g/mol. The van der Waals surface area contributed by atoms with E-state index >= 15 is 0 Å². The van der Waals surface area contributed by atoms with Crippen molar-refractivity contribution in [2.75, 3.05) is 11.4 Å². The van der Waals surface area contributed by atoms with Gasteiger partial charge in [0.2, 0.25) is 0 Å². The summed E-state index contributed by atoms with van der Waals surface area (Å²) in [4.78, 5) is 15.7. The van der Waals surface area contributed by atoms with Gasteiger partial charge in [-0.2, -0.15) is 36.3 Å².